The Hall–Kier alpha value is -3.33. The van der Waals surface area contributed by atoms with Crippen molar-refractivity contribution in [2.75, 3.05) is 10.6 Å². The number of benzene rings is 2. The molecule has 9 heteroatoms. The molecule has 0 aliphatic heterocycles. The van der Waals surface area contributed by atoms with E-state index in [1.807, 2.05) is 13.0 Å². The van der Waals surface area contributed by atoms with Gasteiger partial charge in [-0.25, -0.2) is 4.79 Å². The summed E-state index contributed by atoms with van der Waals surface area (Å²) in [6, 6.07) is 11.5. The summed E-state index contributed by atoms with van der Waals surface area (Å²) >= 11 is 1.32. The van der Waals surface area contributed by atoms with Gasteiger partial charge in [0.2, 0.25) is 11.8 Å². The number of thioether (sulfide) groups is 1. The molecule has 1 unspecified atom stereocenters. The van der Waals surface area contributed by atoms with Crippen molar-refractivity contribution in [3.8, 4) is 0 Å². The summed E-state index contributed by atoms with van der Waals surface area (Å²) in [4.78, 5) is 47.2. The molecular weight excluding hydrogens is 420 g/mol. The van der Waals surface area contributed by atoms with Crippen molar-refractivity contribution in [1.82, 2.24) is 0 Å². The van der Waals surface area contributed by atoms with Gasteiger partial charge >= 0.3 is 11.9 Å². The monoisotopic (exact) mass is 444 g/mol. The predicted molar refractivity (Wildman–Crippen MR) is 119 cm³/mol. The van der Waals surface area contributed by atoms with Crippen LogP contribution in [0.15, 0.2) is 47.4 Å². The number of carbonyl (C=O) groups excluding carboxylic acids is 2. The van der Waals surface area contributed by atoms with Gasteiger partial charge in [-0.15, -0.1) is 11.8 Å². The number of hydrogen-bond acceptors (Lipinski definition) is 5. The van der Waals surface area contributed by atoms with Crippen molar-refractivity contribution >= 4 is 46.9 Å². The van der Waals surface area contributed by atoms with E-state index in [4.69, 9.17) is 10.2 Å². The third-order valence-electron chi connectivity index (χ3n) is 4.37. The zero-order chi connectivity index (χ0) is 23.0. The molecule has 0 aliphatic carbocycles. The van der Waals surface area contributed by atoms with E-state index in [9.17, 15) is 19.2 Å². The summed E-state index contributed by atoms with van der Waals surface area (Å²) in [6.07, 6.45) is 0.158. The van der Waals surface area contributed by atoms with E-state index in [0.717, 1.165) is 10.5 Å². The fraction of sp³-hybridized carbons (Fsp3) is 0.273. The second-order valence-corrected chi connectivity index (χ2v) is 8.08. The van der Waals surface area contributed by atoms with Crippen molar-refractivity contribution in [1.29, 1.82) is 0 Å². The molecule has 0 fully saturated rings. The van der Waals surface area contributed by atoms with Crippen LogP contribution >= 0.6 is 11.8 Å². The van der Waals surface area contributed by atoms with Crippen molar-refractivity contribution in [2.24, 2.45) is 0 Å². The van der Waals surface area contributed by atoms with E-state index in [1.54, 1.807) is 31.2 Å². The molecule has 2 rings (SSSR count). The summed E-state index contributed by atoms with van der Waals surface area (Å²) in [6.45, 7) is 3.65. The van der Waals surface area contributed by atoms with Gasteiger partial charge in [-0.3, -0.25) is 14.4 Å². The number of nitrogens with one attached hydrogen (secondary N) is 2. The van der Waals surface area contributed by atoms with Gasteiger partial charge in [0.25, 0.3) is 0 Å². The summed E-state index contributed by atoms with van der Waals surface area (Å²) in [5.41, 5.74) is 1.81. The molecule has 0 heterocycles. The van der Waals surface area contributed by atoms with Crippen molar-refractivity contribution in [3.05, 3.63) is 53.6 Å². The Balaban J connectivity index is 2.06. The lowest BCUT2D eigenvalue weighted by Gasteiger charge is -2.17. The zero-order valence-electron chi connectivity index (χ0n) is 17.2. The normalized spacial score (nSPS) is 11.4. The molecule has 0 aromatic heterocycles. The standard InChI is InChI=1S/C22H24N2O6S/c1-3-18(21(28)24-17-11-14(22(29)30)8-7-13(17)2)31-16-6-4-5-15(12-16)23-19(25)9-10-20(26)27/h4-8,11-12,18H,3,9-10H2,1-2H3,(H,23,25)(H,24,28)(H,26,27)(H,29,30). The molecule has 164 valence electrons. The molecule has 0 radical (unpaired) electrons. The van der Waals surface area contributed by atoms with Gasteiger partial charge in [0, 0.05) is 22.7 Å². The van der Waals surface area contributed by atoms with Gasteiger partial charge in [0.05, 0.1) is 17.2 Å². The number of aromatic carboxylic acids is 1. The second-order valence-electron chi connectivity index (χ2n) is 6.81. The first-order chi connectivity index (χ1) is 14.7. The fourth-order valence-electron chi connectivity index (χ4n) is 2.68. The van der Waals surface area contributed by atoms with Gasteiger partial charge in [0.15, 0.2) is 0 Å². The number of aliphatic carboxylic acids is 1. The Kier molecular flexibility index (Phi) is 8.63. The average Bonchev–Trinajstić information content (AvgIpc) is 2.72. The van der Waals surface area contributed by atoms with Gasteiger partial charge < -0.3 is 20.8 Å². The molecule has 2 aromatic carbocycles. The summed E-state index contributed by atoms with van der Waals surface area (Å²) in [5.74, 6) is -2.77. The van der Waals surface area contributed by atoms with Crippen LogP contribution in [0.25, 0.3) is 0 Å². The topological polar surface area (TPSA) is 133 Å². The Bertz CT molecular complexity index is 992. The summed E-state index contributed by atoms with van der Waals surface area (Å²) < 4.78 is 0. The van der Waals surface area contributed by atoms with E-state index >= 15 is 0 Å². The summed E-state index contributed by atoms with van der Waals surface area (Å²) in [5, 5.41) is 22.8. The third kappa shape index (κ3) is 7.45. The van der Waals surface area contributed by atoms with Crippen LogP contribution in [0.1, 0.15) is 42.1 Å². The first-order valence-corrected chi connectivity index (χ1v) is 10.5. The minimum atomic E-state index is -1.07. The van der Waals surface area contributed by atoms with Gasteiger partial charge in [-0.2, -0.15) is 0 Å². The molecule has 2 aromatic rings. The Labute approximate surface area is 184 Å². The molecule has 1 atom stereocenters. The molecule has 0 bridgehead atoms. The zero-order valence-corrected chi connectivity index (χ0v) is 18.0. The summed E-state index contributed by atoms with van der Waals surface area (Å²) in [7, 11) is 0. The molecule has 2 amide bonds. The van der Waals surface area contributed by atoms with Crippen LogP contribution in [0.2, 0.25) is 0 Å². The minimum Gasteiger partial charge on any atom is -0.481 e. The Morgan fingerprint density at radius 2 is 1.74 bits per heavy atom. The SMILES string of the molecule is CCC(Sc1cccc(NC(=O)CCC(=O)O)c1)C(=O)Nc1cc(C(=O)O)ccc1C. The van der Waals surface area contributed by atoms with E-state index in [0.29, 0.717) is 17.8 Å². The molecule has 31 heavy (non-hydrogen) atoms. The molecule has 4 N–H and O–H groups in total. The van der Waals surface area contributed by atoms with Crippen LogP contribution in [0.3, 0.4) is 0 Å². The molecule has 0 saturated carbocycles. The van der Waals surface area contributed by atoms with Crippen LogP contribution in [-0.2, 0) is 14.4 Å². The number of anilines is 2. The van der Waals surface area contributed by atoms with Crippen molar-refractivity contribution in [3.63, 3.8) is 0 Å². The Morgan fingerprint density at radius 3 is 2.39 bits per heavy atom. The first-order valence-electron chi connectivity index (χ1n) is 9.62. The average molecular weight is 445 g/mol. The highest BCUT2D eigenvalue weighted by atomic mass is 32.2. The smallest absolute Gasteiger partial charge is 0.335 e. The maximum Gasteiger partial charge on any atom is 0.335 e. The minimum absolute atomic E-state index is 0.0907. The fourth-order valence-corrected chi connectivity index (χ4v) is 3.69. The van der Waals surface area contributed by atoms with Crippen LogP contribution in [-0.4, -0.2) is 39.2 Å². The highest BCUT2D eigenvalue weighted by molar-refractivity contribution is 8.00. The second kappa shape index (κ2) is 11.2. The number of carboxylic acid groups (broad SMARTS) is 2. The third-order valence-corrected chi connectivity index (χ3v) is 5.73. The van der Waals surface area contributed by atoms with Crippen LogP contribution in [0, 0.1) is 6.92 Å². The lowest BCUT2D eigenvalue weighted by atomic mass is 10.1. The van der Waals surface area contributed by atoms with E-state index in [2.05, 4.69) is 10.6 Å². The number of amides is 2. The van der Waals surface area contributed by atoms with Crippen molar-refractivity contribution in [2.45, 2.75) is 43.3 Å². The quantitative estimate of drug-likeness (QED) is 0.407. The number of carboxylic acids is 2. The number of carbonyl (C=O) groups is 4. The lowest BCUT2D eigenvalue weighted by Crippen LogP contribution is -2.25. The van der Waals surface area contributed by atoms with Crippen LogP contribution < -0.4 is 10.6 Å². The molecule has 0 aliphatic rings. The highest BCUT2D eigenvalue weighted by Gasteiger charge is 2.20. The number of hydrogen-bond donors (Lipinski definition) is 4. The maximum absolute atomic E-state index is 12.8. The van der Waals surface area contributed by atoms with Crippen LogP contribution in [0.5, 0.6) is 0 Å². The molecule has 0 spiro atoms. The molecule has 8 nitrogen and oxygen atoms in total. The number of aryl methyl sites for hydroxylation is 1. The largest absolute Gasteiger partial charge is 0.481 e. The Morgan fingerprint density at radius 1 is 1.00 bits per heavy atom. The first kappa shape index (κ1) is 23.9. The predicted octanol–water partition coefficient (Wildman–Crippen LogP) is 4.01. The van der Waals surface area contributed by atoms with E-state index < -0.39 is 23.1 Å². The van der Waals surface area contributed by atoms with E-state index in [-0.39, 0.29) is 24.3 Å². The van der Waals surface area contributed by atoms with Gasteiger partial charge in [-0.05, 0) is 49.2 Å². The van der Waals surface area contributed by atoms with Crippen molar-refractivity contribution < 1.29 is 29.4 Å². The number of rotatable bonds is 10. The van der Waals surface area contributed by atoms with Gasteiger partial charge in [0.1, 0.15) is 0 Å². The lowest BCUT2D eigenvalue weighted by molar-refractivity contribution is -0.138. The maximum atomic E-state index is 12.8. The molecular formula is C22H24N2O6S. The molecule has 0 saturated heterocycles. The highest BCUT2D eigenvalue weighted by Crippen LogP contribution is 2.29. The van der Waals surface area contributed by atoms with Crippen LogP contribution in [0.4, 0.5) is 11.4 Å². The van der Waals surface area contributed by atoms with Gasteiger partial charge in [-0.1, -0.05) is 19.1 Å². The van der Waals surface area contributed by atoms with E-state index in [1.165, 1.54) is 23.9 Å².